The van der Waals surface area contributed by atoms with Gasteiger partial charge in [0.25, 0.3) is 5.91 Å². The summed E-state index contributed by atoms with van der Waals surface area (Å²) in [7, 11) is 0. The normalized spacial score (nSPS) is 11.8. The molecule has 6 heteroatoms. The van der Waals surface area contributed by atoms with Gasteiger partial charge in [0, 0.05) is 18.7 Å². The van der Waals surface area contributed by atoms with Crippen LogP contribution in [0.25, 0.3) is 0 Å². The third kappa shape index (κ3) is 4.38. The molecule has 0 bridgehead atoms. The predicted molar refractivity (Wildman–Crippen MR) is 89.5 cm³/mol. The van der Waals surface area contributed by atoms with Crippen molar-refractivity contribution < 1.29 is 19.1 Å². The Kier molecular flexibility index (Phi) is 6.01. The van der Waals surface area contributed by atoms with Crippen molar-refractivity contribution in [1.29, 1.82) is 0 Å². The molecule has 128 valence electrons. The van der Waals surface area contributed by atoms with Gasteiger partial charge < -0.3 is 19.7 Å². The summed E-state index contributed by atoms with van der Waals surface area (Å²) in [6.07, 6.45) is 2.18. The van der Waals surface area contributed by atoms with Crippen molar-refractivity contribution >= 4 is 11.8 Å². The van der Waals surface area contributed by atoms with Gasteiger partial charge in [0.1, 0.15) is 11.8 Å². The molecule has 0 spiro atoms. The Labute approximate surface area is 141 Å². The number of phenolic OH excluding ortho intramolecular Hbond substituents is 1. The summed E-state index contributed by atoms with van der Waals surface area (Å²) in [5.74, 6) is -0.323. The van der Waals surface area contributed by atoms with Crippen molar-refractivity contribution in [2.75, 3.05) is 6.54 Å². The molecule has 0 radical (unpaired) electrons. The maximum atomic E-state index is 12.7. The van der Waals surface area contributed by atoms with Gasteiger partial charge in [-0.1, -0.05) is 25.1 Å². The number of furan rings is 1. The molecule has 0 aliphatic heterocycles. The molecule has 1 aromatic carbocycles. The average molecular weight is 330 g/mol. The zero-order chi connectivity index (χ0) is 17.5. The number of aromatic hydroxyl groups is 1. The monoisotopic (exact) mass is 330 g/mol. The van der Waals surface area contributed by atoms with E-state index in [-0.39, 0.29) is 17.4 Å². The predicted octanol–water partition coefficient (Wildman–Crippen LogP) is 2.54. The Morgan fingerprint density at radius 3 is 2.62 bits per heavy atom. The molecule has 2 amide bonds. The van der Waals surface area contributed by atoms with Crippen molar-refractivity contribution in [2.24, 2.45) is 0 Å². The van der Waals surface area contributed by atoms with E-state index in [0.29, 0.717) is 18.7 Å². The van der Waals surface area contributed by atoms with E-state index < -0.39 is 11.9 Å². The lowest BCUT2D eigenvalue weighted by Gasteiger charge is -2.26. The molecular weight excluding hydrogens is 308 g/mol. The van der Waals surface area contributed by atoms with E-state index >= 15 is 0 Å². The number of phenols is 1. The third-order valence-corrected chi connectivity index (χ3v) is 3.62. The summed E-state index contributed by atoms with van der Waals surface area (Å²) in [4.78, 5) is 26.3. The molecule has 1 aromatic heterocycles. The number of para-hydroxylation sites is 1. The van der Waals surface area contributed by atoms with Crippen LogP contribution in [0.3, 0.4) is 0 Å². The summed E-state index contributed by atoms with van der Waals surface area (Å²) < 4.78 is 5.03. The van der Waals surface area contributed by atoms with Gasteiger partial charge in [-0.15, -0.1) is 0 Å². The summed E-state index contributed by atoms with van der Waals surface area (Å²) in [5.41, 5.74) is 0.670. The lowest BCUT2D eigenvalue weighted by Crippen LogP contribution is -2.46. The van der Waals surface area contributed by atoms with Gasteiger partial charge in [-0.3, -0.25) is 9.59 Å². The second kappa shape index (κ2) is 8.19. The molecule has 2 rings (SSSR count). The molecule has 1 heterocycles. The number of nitrogens with one attached hydrogen (secondary N) is 1. The Morgan fingerprint density at radius 1 is 1.25 bits per heavy atom. The topological polar surface area (TPSA) is 82.8 Å². The second-order valence-electron chi connectivity index (χ2n) is 5.56. The Hall–Kier alpha value is -2.76. The van der Waals surface area contributed by atoms with E-state index in [9.17, 15) is 14.7 Å². The average Bonchev–Trinajstić information content (AvgIpc) is 3.10. The quantitative estimate of drug-likeness (QED) is 0.817. The van der Waals surface area contributed by atoms with Crippen LogP contribution < -0.4 is 5.32 Å². The number of benzene rings is 1. The molecule has 2 aromatic rings. The fraction of sp³-hybridized carbons (Fsp3) is 0.333. The largest absolute Gasteiger partial charge is 0.508 e. The van der Waals surface area contributed by atoms with Crippen LogP contribution in [0.2, 0.25) is 0 Å². The first kappa shape index (κ1) is 17.6. The van der Waals surface area contributed by atoms with Crippen molar-refractivity contribution in [3.8, 4) is 5.75 Å². The summed E-state index contributed by atoms with van der Waals surface area (Å²) in [6.45, 7) is 4.43. The Balaban J connectivity index is 2.05. The van der Waals surface area contributed by atoms with Crippen LogP contribution in [0.5, 0.6) is 5.75 Å². The highest BCUT2D eigenvalue weighted by atomic mass is 16.3. The summed E-state index contributed by atoms with van der Waals surface area (Å²) >= 11 is 0. The minimum Gasteiger partial charge on any atom is -0.508 e. The maximum absolute atomic E-state index is 12.7. The second-order valence-corrected chi connectivity index (χ2v) is 5.56. The third-order valence-electron chi connectivity index (χ3n) is 3.62. The van der Waals surface area contributed by atoms with Gasteiger partial charge in [-0.05, 0) is 31.5 Å². The van der Waals surface area contributed by atoms with Crippen molar-refractivity contribution in [3.05, 3.63) is 54.0 Å². The standard InChI is InChI=1S/C18H22N2O4/c1-3-10-20(12-14-7-4-5-8-15(14)21)18(23)13(2)19-17(22)16-9-6-11-24-16/h4-9,11,13,21H,3,10,12H2,1-2H3,(H,19,22). The Morgan fingerprint density at radius 2 is 2.00 bits per heavy atom. The van der Waals surface area contributed by atoms with E-state index in [1.54, 1.807) is 42.2 Å². The highest BCUT2D eigenvalue weighted by Crippen LogP contribution is 2.18. The number of carbonyl (C=O) groups excluding carboxylic acids is 2. The molecule has 1 unspecified atom stereocenters. The van der Waals surface area contributed by atoms with Crippen LogP contribution in [-0.2, 0) is 11.3 Å². The lowest BCUT2D eigenvalue weighted by molar-refractivity contribution is -0.133. The van der Waals surface area contributed by atoms with Crippen LogP contribution >= 0.6 is 0 Å². The zero-order valence-electron chi connectivity index (χ0n) is 13.9. The van der Waals surface area contributed by atoms with E-state index in [2.05, 4.69) is 5.32 Å². The highest BCUT2D eigenvalue weighted by Gasteiger charge is 2.23. The molecule has 0 aliphatic rings. The van der Waals surface area contributed by atoms with E-state index in [0.717, 1.165) is 6.42 Å². The molecule has 24 heavy (non-hydrogen) atoms. The number of hydrogen-bond donors (Lipinski definition) is 2. The Bertz CT molecular complexity index is 682. The van der Waals surface area contributed by atoms with Gasteiger partial charge in [-0.2, -0.15) is 0 Å². The van der Waals surface area contributed by atoms with Gasteiger partial charge >= 0.3 is 0 Å². The van der Waals surface area contributed by atoms with E-state index in [4.69, 9.17) is 4.42 Å². The fourth-order valence-corrected chi connectivity index (χ4v) is 2.40. The van der Waals surface area contributed by atoms with Crippen LogP contribution in [0.15, 0.2) is 47.1 Å². The smallest absolute Gasteiger partial charge is 0.287 e. The van der Waals surface area contributed by atoms with E-state index in [1.165, 1.54) is 6.26 Å². The first-order valence-electron chi connectivity index (χ1n) is 7.93. The molecule has 0 fully saturated rings. The highest BCUT2D eigenvalue weighted by molar-refractivity contribution is 5.95. The molecule has 0 aliphatic carbocycles. The first-order valence-corrected chi connectivity index (χ1v) is 7.93. The number of hydrogen-bond acceptors (Lipinski definition) is 4. The zero-order valence-corrected chi connectivity index (χ0v) is 13.9. The van der Waals surface area contributed by atoms with Gasteiger partial charge in [0.2, 0.25) is 5.91 Å². The molecule has 6 nitrogen and oxygen atoms in total. The minimum absolute atomic E-state index is 0.152. The number of rotatable bonds is 7. The number of nitrogens with zero attached hydrogens (tertiary/aromatic N) is 1. The van der Waals surface area contributed by atoms with Crippen LogP contribution in [0, 0.1) is 0 Å². The number of carbonyl (C=O) groups is 2. The summed E-state index contributed by atoms with van der Waals surface area (Å²) in [6, 6.07) is 9.37. The first-order chi connectivity index (χ1) is 11.5. The van der Waals surface area contributed by atoms with Crippen molar-refractivity contribution in [2.45, 2.75) is 32.9 Å². The maximum Gasteiger partial charge on any atom is 0.287 e. The van der Waals surface area contributed by atoms with Crippen LogP contribution in [0.1, 0.15) is 36.4 Å². The van der Waals surface area contributed by atoms with Crippen molar-refractivity contribution in [1.82, 2.24) is 10.2 Å². The van der Waals surface area contributed by atoms with E-state index in [1.807, 2.05) is 13.0 Å². The van der Waals surface area contributed by atoms with Gasteiger partial charge in [-0.25, -0.2) is 0 Å². The SMILES string of the molecule is CCCN(Cc1ccccc1O)C(=O)C(C)NC(=O)c1ccco1. The summed E-state index contributed by atoms with van der Waals surface area (Å²) in [5, 5.41) is 12.5. The van der Waals surface area contributed by atoms with Crippen LogP contribution in [0.4, 0.5) is 0 Å². The molecule has 1 atom stereocenters. The van der Waals surface area contributed by atoms with Crippen molar-refractivity contribution in [3.63, 3.8) is 0 Å². The van der Waals surface area contributed by atoms with Gasteiger partial charge in [0.05, 0.1) is 6.26 Å². The van der Waals surface area contributed by atoms with Gasteiger partial charge in [0.15, 0.2) is 5.76 Å². The lowest BCUT2D eigenvalue weighted by atomic mass is 10.1. The minimum atomic E-state index is -0.694. The van der Waals surface area contributed by atoms with Crippen LogP contribution in [-0.4, -0.2) is 34.4 Å². The fourth-order valence-electron chi connectivity index (χ4n) is 2.40. The molecule has 2 N–H and O–H groups in total. The number of amides is 2. The molecule has 0 saturated carbocycles. The molecular formula is C18H22N2O4. The molecule has 0 saturated heterocycles.